The van der Waals surface area contributed by atoms with Crippen LogP contribution in [0, 0.1) is 17.0 Å². The van der Waals surface area contributed by atoms with Gasteiger partial charge in [0.2, 0.25) is 11.8 Å². The molecule has 0 saturated carbocycles. The molecule has 1 atom stereocenters. The van der Waals surface area contributed by atoms with Gasteiger partial charge in [-0.2, -0.15) is 0 Å². The van der Waals surface area contributed by atoms with Gasteiger partial charge >= 0.3 is 0 Å². The Kier molecular flexibility index (Phi) is 9.86. The van der Waals surface area contributed by atoms with Gasteiger partial charge in [-0.25, -0.2) is 0 Å². The van der Waals surface area contributed by atoms with E-state index < -0.39 is 4.92 Å². The molecule has 5 rings (SSSR count). The molecular formula is C33H34N6O4S. The van der Waals surface area contributed by atoms with Gasteiger partial charge in [0, 0.05) is 67.3 Å². The molecule has 0 spiro atoms. The smallest absolute Gasteiger partial charge is 0.269 e. The van der Waals surface area contributed by atoms with Gasteiger partial charge < -0.3 is 9.80 Å². The molecular weight excluding hydrogens is 576 g/mol. The van der Waals surface area contributed by atoms with Crippen molar-refractivity contribution in [2.45, 2.75) is 37.9 Å². The monoisotopic (exact) mass is 610 g/mol. The van der Waals surface area contributed by atoms with Crippen molar-refractivity contribution in [1.29, 1.82) is 0 Å². The number of thioether (sulfide) groups is 1. The molecule has 0 bridgehead atoms. The minimum Gasteiger partial charge on any atom is -0.339 e. The number of benzene rings is 3. The maximum absolute atomic E-state index is 13.1. The second kappa shape index (κ2) is 14.1. The van der Waals surface area contributed by atoms with Crippen LogP contribution < -0.4 is 0 Å². The molecule has 1 aliphatic heterocycles. The number of rotatable bonds is 10. The number of non-ortho nitro benzene ring substituents is 1. The first kappa shape index (κ1) is 30.7. The van der Waals surface area contributed by atoms with E-state index in [9.17, 15) is 19.7 Å². The maximum Gasteiger partial charge on any atom is 0.269 e. The molecule has 44 heavy (non-hydrogen) atoms. The van der Waals surface area contributed by atoms with Crippen LogP contribution in [0.3, 0.4) is 0 Å². The number of nitro groups is 1. The maximum atomic E-state index is 13.1. The highest BCUT2D eigenvalue weighted by Gasteiger charge is 2.28. The van der Waals surface area contributed by atoms with Gasteiger partial charge in [0.25, 0.3) is 5.69 Å². The molecule has 1 aliphatic rings. The highest BCUT2D eigenvalue weighted by molar-refractivity contribution is 7.99. The number of nitrogens with zero attached hydrogens (tertiary/aromatic N) is 6. The van der Waals surface area contributed by atoms with Crippen molar-refractivity contribution >= 4 is 35.3 Å². The van der Waals surface area contributed by atoms with Crippen molar-refractivity contribution in [3.63, 3.8) is 0 Å². The molecule has 1 fully saturated rings. The van der Waals surface area contributed by atoms with E-state index in [1.54, 1.807) is 34.9 Å². The number of piperazine rings is 1. The quantitative estimate of drug-likeness (QED) is 0.0733. The third-order valence-corrected chi connectivity index (χ3v) is 8.49. The number of hydrogen-bond donors (Lipinski definition) is 0. The van der Waals surface area contributed by atoms with E-state index >= 15 is 0 Å². The molecule has 4 aromatic rings. The Morgan fingerprint density at radius 1 is 1.02 bits per heavy atom. The van der Waals surface area contributed by atoms with Crippen LogP contribution in [0.4, 0.5) is 5.69 Å². The average molecular weight is 611 g/mol. The lowest BCUT2D eigenvalue weighted by molar-refractivity contribution is -0.384. The van der Waals surface area contributed by atoms with Crippen LogP contribution in [0.1, 0.15) is 30.9 Å². The van der Waals surface area contributed by atoms with Crippen LogP contribution in [0.15, 0.2) is 90.1 Å². The molecule has 11 heteroatoms. The minimum atomic E-state index is -0.457. The Labute approximate surface area is 260 Å². The lowest BCUT2D eigenvalue weighted by atomic mass is 10.1. The topological polar surface area (TPSA) is 114 Å². The Bertz CT molecular complexity index is 1650. The third-order valence-electron chi connectivity index (χ3n) is 7.48. The summed E-state index contributed by atoms with van der Waals surface area (Å²) in [5.74, 6) is 1.42. The highest BCUT2D eigenvalue weighted by Crippen LogP contribution is 2.29. The number of carbonyl (C=O) groups excluding carboxylic acids is 2. The Morgan fingerprint density at radius 3 is 2.50 bits per heavy atom. The van der Waals surface area contributed by atoms with E-state index in [1.807, 2.05) is 54.3 Å². The van der Waals surface area contributed by atoms with E-state index in [0.29, 0.717) is 43.8 Å². The van der Waals surface area contributed by atoms with Crippen molar-refractivity contribution < 1.29 is 14.5 Å². The number of aromatic nitrogens is 3. The molecule has 0 radical (unpaired) electrons. The fourth-order valence-electron chi connectivity index (χ4n) is 5.16. The van der Waals surface area contributed by atoms with Crippen molar-refractivity contribution in [3.8, 4) is 17.1 Å². The van der Waals surface area contributed by atoms with Crippen molar-refractivity contribution in [3.05, 3.63) is 106 Å². The van der Waals surface area contributed by atoms with Crippen molar-refractivity contribution in [2.75, 3.05) is 25.4 Å². The molecule has 226 valence electrons. The van der Waals surface area contributed by atoms with Gasteiger partial charge in [0.1, 0.15) is 0 Å². The predicted octanol–water partition coefficient (Wildman–Crippen LogP) is 5.80. The molecule has 2 amide bonds. The number of nitro benzene ring substituents is 1. The first-order valence-electron chi connectivity index (χ1n) is 14.5. The zero-order chi connectivity index (χ0) is 31.1. The van der Waals surface area contributed by atoms with Crippen molar-refractivity contribution in [2.24, 2.45) is 0 Å². The second-order valence-electron chi connectivity index (χ2n) is 10.7. The summed E-state index contributed by atoms with van der Waals surface area (Å²) in [6.07, 6.45) is 4.23. The van der Waals surface area contributed by atoms with Crippen LogP contribution in [0.2, 0.25) is 0 Å². The second-order valence-corrected chi connectivity index (χ2v) is 11.8. The van der Waals surface area contributed by atoms with Crippen LogP contribution >= 0.6 is 11.8 Å². The lowest BCUT2D eigenvalue weighted by Gasteiger charge is -2.39. The van der Waals surface area contributed by atoms with Crippen LogP contribution in [0.5, 0.6) is 0 Å². The summed E-state index contributed by atoms with van der Waals surface area (Å²) in [6, 6.07) is 24.1. The van der Waals surface area contributed by atoms with E-state index in [2.05, 4.69) is 33.8 Å². The third kappa shape index (κ3) is 7.41. The summed E-state index contributed by atoms with van der Waals surface area (Å²) in [6.45, 7) is 5.41. The molecule has 0 N–H and O–H groups in total. The summed E-state index contributed by atoms with van der Waals surface area (Å²) < 4.78 is 2.07. The van der Waals surface area contributed by atoms with Gasteiger partial charge in [-0.3, -0.25) is 24.3 Å². The summed E-state index contributed by atoms with van der Waals surface area (Å²) in [4.78, 5) is 39.9. The summed E-state index contributed by atoms with van der Waals surface area (Å²) in [5.41, 5.74) is 3.84. The first-order chi connectivity index (χ1) is 21.3. The van der Waals surface area contributed by atoms with E-state index in [0.717, 1.165) is 27.8 Å². The first-order valence-corrected chi connectivity index (χ1v) is 15.5. The number of aryl methyl sites for hydroxylation is 1. The van der Waals surface area contributed by atoms with E-state index in [1.165, 1.54) is 18.2 Å². The van der Waals surface area contributed by atoms with Gasteiger partial charge in [0.15, 0.2) is 11.0 Å². The van der Waals surface area contributed by atoms with Crippen LogP contribution in [0.25, 0.3) is 23.2 Å². The fraction of sp³-hybridized carbons (Fsp3) is 0.273. The lowest BCUT2D eigenvalue weighted by Crippen LogP contribution is -2.55. The van der Waals surface area contributed by atoms with Crippen molar-refractivity contribution in [1.82, 2.24) is 24.6 Å². The zero-order valence-corrected chi connectivity index (χ0v) is 25.5. The zero-order valence-electron chi connectivity index (χ0n) is 24.7. The summed E-state index contributed by atoms with van der Waals surface area (Å²) in [5, 5.41) is 20.6. The van der Waals surface area contributed by atoms with Crippen LogP contribution in [-0.2, 0) is 9.59 Å². The highest BCUT2D eigenvalue weighted by atomic mass is 32.2. The predicted molar refractivity (Wildman–Crippen MR) is 171 cm³/mol. The normalized spacial score (nSPS) is 15.1. The van der Waals surface area contributed by atoms with Crippen LogP contribution in [-0.4, -0.2) is 72.7 Å². The molecule has 3 aromatic carbocycles. The summed E-state index contributed by atoms with van der Waals surface area (Å²) >= 11 is 1.59. The molecule has 1 saturated heterocycles. The van der Waals surface area contributed by atoms with Gasteiger partial charge in [-0.05, 0) is 61.7 Å². The molecule has 1 aromatic heterocycles. The molecule has 0 aliphatic carbocycles. The molecule has 1 unspecified atom stereocenters. The van der Waals surface area contributed by atoms with Gasteiger partial charge in [-0.15, -0.1) is 10.2 Å². The Morgan fingerprint density at radius 2 is 1.80 bits per heavy atom. The van der Waals surface area contributed by atoms with E-state index in [-0.39, 0.29) is 23.5 Å². The molecule has 10 nitrogen and oxygen atoms in total. The van der Waals surface area contributed by atoms with Gasteiger partial charge in [0.05, 0.1) is 4.92 Å². The largest absolute Gasteiger partial charge is 0.339 e. The standard InChI is InChI=1S/C33H34N6O4S/c1-24-8-6-11-29(22-24)38-32(27-9-4-3-5-10-27)34-35-33(38)44-21-7-12-30(40)36-19-20-37(25(2)23-36)31(41)18-15-26-13-16-28(17-14-26)39(42)43/h3-6,8-11,13-18,22,25H,7,12,19-21,23H2,1-2H3/b18-15+. The number of amides is 2. The van der Waals surface area contributed by atoms with E-state index in [4.69, 9.17) is 0 Å². The molecule has 2 heterocycles. The minimum absolute atomic E-state index is 0.00390. The average Bonchev–Trinajstić information content (AvgIpc) is 3.46. The Balaban J connectivity index is 1.13. The Hall–Kier alpha value is -4.77. The van der Waals surface area contributed by atoms with Gasteiger partial charge in [-0.1, -0.05) is 54.2 Å². The summed E-state index contributed by atoms with van der Waals surface area (Å²) in [7, 11) is 0. The number of hydrogen-bond acceptors (Lipinski definition) is 7. The number of carbonyl (C=O) groups is 2. The SMILES string of the molecule is Cc1cccc(-n2c(SCCCC(=O)N3CCN(C(=O)/C=C/c4ccc([N+](=O)[O-])cc4)C(C)C3)nnc2-c2ccccc2)c1. The fourth-order valence-corrected chi connectivity index (χ4v) is 6.06.